The van der Waals surface area contributed by atoms with Gasteiger partial charge in [0.25, 0.3) is 0 Å². The number of nitrogens with one attached hydrogen (secondary N) is 3. The van der Waals surface area contributed by atoms with Gasteiger partial charge in [-0.15, -0.1) is 0 Å². The van der Waals surface area contributed by atoms with Gasteiger partial charge in [-0.1, -0.05) is 35.4 Å². The van der Waals surface area contributed by atoms with E-state index in [2.05, 4.69) is 25.8 Å². The zero-order chi connectivity index (χ0) is 28.4. The van der Waals surface area contributed by atoms with Crippen LogP contribution in [0.2, 0.25) is 0 Å². The second-order valence-corrected chi connectivity index (χ2v) is 10.3. The number of phenols is 2. The summed E-state index contributed by atoms with van der Waals surface area (Å²) in [5, 5.41) is 68.3. The van der Waals surface area contributed by atoms with Crippen LogP contribution >= 0.6 is 0 Å². The normalized spacial score (nSPS) is 17.4. The van der Waals surface area contributed by atoms with E-state index in [1.807, 2.05) is 38.1 Å². The number of aromatic hydroxyl groups is 2. The van der Waals surface area contributed by atoms with Crippen LogP contribution in [0.25, 0.3) is 0 Å². The van der Waals surface area contributed by atoms with Gasteiger partial charge in [-0.05, 0) is 13.8 Å². The van der Waals surface area contributed by atoms with Gasteiger partial charge in [0.05, 0.1) is 13.2 Å². The van der Waals surface area contributed by atoms with E-state index in [9.17, 15) is 20.4 Å². The third-order valence-corrected chi connectivity index (χ3v) is 6.96. The van der Waals surface area contributed by atoms with Crippen LogP contribution in [0.3, 0.4) is 0 Å². The van der Waals surface area contributed by atoms with Gasteiger partial charge in [0.1, 0.15) is 24.0 Å². The van der Waals surface area contributed by atoms with E-state index in [4.69, 9.17) is 10.2 Å². The van der Waals surface area contributed by atoms with Crippen molar-refractivity contribution in [2.75, 3.05) is 52.5 Å². The fourth-order valence-corrected chi connectivity index (χ4v) is 4.87. The highest BCUT2D eigenvalue weighted by molar-refractivity contribution is 5.44. The van der Waals surface area contributed by atoms with Crippen molar-refractivity contribution in [2.45, 2.75) is 52.5 Å². The van der Waals surface area contributed by atoms with Gasteiger partial charge in [0.2, 0.25) is 0 Å². The molecule has 11 heteroatoms. The summed E-state index contributed by atoms with van der Waals surface area (Å²) in [4.78, 5) is 4.59. The summed E-state index contributed by atoms with van der Waals surface area (Å²) in [6.45, 7) is 9.57. The molecule has 1 heterocycles. The highest BCUT2D eigenvalue weighted by Crippen LogP contribution is 2.28. The van der Waals surface area contributed by atoms with E-state index in [0.29, 0.717) is 24.2 Å². The third-order valence-electron chi connectivity index (χ3n) is 6.96. The molecule has 2 unspecified atom stereocenters. The number of aliphatic hydroxyl groups is 4. The molecule has 39 heavy (non-hydrogen) atoms. The Hall–Kier alpha value is -2.32. The standard InChI is InChI=1S/C28H45N5O6/c1-19-9-21(13-30-25(36)17-34)27(38)23(11-19)15-32-5-3-29-4-6-33(8-7-32)16-24-12-20(2)10-22(28(24)39)14-31-26(37)18-35/h9-12,25-26,29-31,34-39H,3-8,13-18H2,1-2H3. The maximum Gasteiger partial charge on any atom is 0.128 e. The molecule has 0 saturated carbocycles. The van der Waals surface area contributed by atoms with Gasteiger partial charge >= 0.3 is 0 Å². The van der Waals surface area contributed by atoms with Crippen molar-refractivity contribution in [3.63, 3.8) is 0 Å². The average molecular weight is 548 g/mol. The first-order chi connectivity index (χ1) is 18.7. The summed E-state index contributed by atoms with van der Waals surface area (Å²) in [5.41, 5.74) is 4.99. The Kier molecular flexibility index (Phi) is 12.4. The molecule has 0 aliphatic carbocycles. The van der Waals surface area contributed by atoms with Crippen molar-refractivity contribution in [3.8, 4) is 11.5 Å². The van der Waals surface area contributed by atoms with Crippen molar-refractivity contribution in [2.24, 2.45) is 0 Å². The molecule has 0 amide bonds. The first kappa shape index (κ1) is 31.2. The second-order valence-electron chi connectivity index (χ2n) is 10.3. The van der Waals surface area contributed by atoms with Crippen molar-refractivity contribution < 1.29 is 30.6 Å². The van der Waals surface area contributed by atoms with Crippen LogP contribution in [0.15, 0.2) is 24.3 Å². The predicted molar refractivity (Wildman–Crippen MR) is 149 cm³/mol. The summed E-state index contributed by atoms with van der Waals surface area (Å²) < 4.78 is 0. The fourth-order valence-electron chi connectivity index (χ4n) is 4.87. The molecule has 3 rings (SSSR count). The molecule has 2 aromatic rings. The minimum Gasteiger partial charge on any atom is -0.507 e. The monoisotopic (exact) mass is 547 g/mol. The lowest BCUT2D eigenvalue weighted by molar-refractivity contribution is 0.0663. The van der Waals surface area contributed by atoms with Crippen LogP contribution in [-0.4, -0.2) is 105 Å². The highest BCUT2D eigenvalue weighted by atomic mass is 16.3. The summed E-state index contributed by atoms with van der Waals surface area (Å²) in [6.07, 6.45) is -2.09. The van der Waals surface area contributed by atoms with Gasteiger partial charge in [-0.2, -0.15) is 0 Å². The van der Waals surface area contributed by atoms with Gasteiger partial charge < -0.3 is 36.0 Å². The number of hydrogen-bond donors (Lipinski definition) is 9. The van der Waals surface area contributed by atoms with Gasteiger partial charge in [0.15, 0.2) is 0 Å². The van der Waals surface area contributed by atoms with Crippen LogP contribution in [0, 0.1) is 13.8 Å². The maximum atomic E-state index is 10.9. The molecule has 1 aliphatic rings. The lowest BCUT2D eigenvalue weighted by Gasteiger charge is -2.27. The van der Waals surface area contributed by atoms with Crippen molar-refractivity contribution in [1.82, 2.24) is 25.8 Å². The molecule has 1 aliphatic heterocycles. The number of aliphatic hydroxyl groups excluding tert-OH is 4. The number of hydrogen-bond acceptors (Lipinski definition) is 11. The molecule has 1 saturated heterocycles. The average Bonchev–Trinajstić information content (AvgIpc) is 3.02. The van der Waals surface area contributed by atoms with Crippen LogP contribution in [0.5, 0.6) is 11.5 Å². The number of nitrogens with zero attached hydrogens (tertiary/aromatic N) is 2. The molecule has 0 aromatic heterocycles. The zero-order valence-corrected chi connectivity index (χ0v) is 23.0. The fraction of sp³-hybridized carbons (Fsp3) is 0.571. The smallest absolute Gasteiger partial charge is 0.128 e. The predicted octanol–water partition coefficient (Wildman–Crippen LogP) is -0.577. The number of rotatable bonds is 12. The maximum absolute atomic E-state index is 10.9. The minimum atomic E-state index is -1.05. The summed E-state index contributed by atoms with van der Waals surface area (Å²) in [6, 6.07) is 7.71. The zero-order valence-electron chi connectivity index (χ0n) is 23.0. The lowest BCUT2D eigenvalue weighted by Crippen LogP contribution is -2.35. The molecule has 2 aromatic carbocycles. The van der Waals surface area contributed by atoms with Crippen LogP contribution in [-0.2, 0) is 26.2 Å². The molecule has 1 fully saturated rings. The van der Waals surface area contributed by atoms with E-state index in [-0.39, 0.29) is 24.6 Å². The van der Waals surface area contributed by atoms with Crippen molar-refractivity contribution >= 4 is 0 Å². The molecule has 0 radical (unpaired) electrons. The van der Waals surface area contributed by atoms with E-state index in [1.165, 1.54) is 0 Å². The van der Waals surface area contributed by atoms with E-state index < -0.39 is 25.7 Å². The highest BCUT2D eigenvalue weighted by Gasteiger charge is 2.18. The molecular weight excluding hydrogens is 502 g/mol. The first-order valence-corrected chi connectivity index (χ1v) is 13.5. The van der Waals surface area contributed by atoms with Crippen molar-refractivity contribution in [3.05, 3.63) is 57.6 Å². The summed E-state index contributed by atoms with van der Waals surface area (Å²) >= 11 is 0. The van der Waals surface area contributed by atoms with E-state index >= 15 is 0 Å². The lowest BCUT2D eigenvalue weighted by atomic mass is 10.0. The second kappa shape index (κ2) is 15.5. The molecular formula is C28H45N5O6. The Bertz CT molecular complexity index is 974. The molecule has 0 spiro atoms. The van der Waals surface area contributed by atoms with E-state index in [1.54, 1.807) is 0 Å². The number of benzene rings is 2. The van der Waals surface area contributed by atoms with Gasteiger partial charge in [-0.25, -0.2) is 0 Å². The number of aryl methyl sites for hydroxylation is 2. The minimum absolute atomic E-state index is 0.195. The largest absolute Gasteiger partial charge is 0.507 e. The molecule has 0 bridgehead atoms. The quantitative estimate of drug-likeness (QED) is 0.156. The Morgan fingerprint density at radius 1 is 0.692 bits per heavy atom. The Balaban J connectivity index is 1.69. The van der Waals surface area contributed by atoms with Crippen LogP contribution in [0.1, 0.15) is 33.4 Å². The van der Waals surface area contributed by atoms with Crippen LogP contribution < -0.4 is 16.0 Å². The summed E-state index contributed by atoms with van der Waals surface area (Å²) in [7, 11) is 0. The molecule has 2 atom stereocenters. The first-order valence-electron chi connectivity index (χ1n) is 13.5. The topological polar surface area (TPSA) is 164 Å². The Morgan fingerprint density at radius 2 is 1.08 bits per heavy atom. The Morgan fingerprint density at radius 3 is 1.46 bits per heavy atom. The van der Waals surface area contributed by atoms with Crippen molar-refractivity contribution in [1.29, 1.82) is 0 Å². The molecule has 218 valence electrons. The Labute approximate surface area is 230 Å². The number of phenolic OH excluding ortho intramolecular Hbond substituents is 2. The molecule has 11 nitrogen and oxygen atoms in total. The molecule has 9 N–H and O–H groups in total. The summed E-state index contributed by atoms with van der Waals surface area (Å²) in [5.74, 6) is 0.389. The van der Waals surface area contributed by atoms with Gasteiger partial charge in [-0.3, -0.25) is 20.4 Å². The van der Waals surface area contributed by atoms with E-state index in [0.717, 1.165) is 61.5 Å². The van der Waals surface area contributed by atoms with Gasteiger partial charge in [0, 0.05) is 87.7 Å². The SMILES string of the molecule is Cc1cc(CNC(O)CO)c(O)c(CN2CCNCCN(Cc3cc(C)cc(CNC(O)CO)c3O)CC2)c1. The third kappa shape index (κ3) is 9.67. The van der Waals surface area contributed by atoms with Crippen LogP contribution in [0.4, 0.5) is 0 Å².